The molecular formula is C34H25Cl3F4N4O6. The number of nitrogens with zero attached hydrogens (tertiary/aromatic N) is 4. The number of carbonyl (C=O) groups is 4. The van der Waals surface area contributed by atoms with Gasteiger partial charge in [-0.05, 0) is 72.9 Å². The van der Waals surface area contributed by atoms with Gasteiger partial charge in [0.1, 0.15) is 11.5 Å². The van der Waals surface area contributed by atoms with E-state index in [4.69, 9.17) is 39.5 Å². The summed E-state index contributed by atoms with van der Waals surface area (Å²) >= 11 is 20.9. The number of carbonyl (C=O) groups excluding carboxylic acids is 4. The van der Waals surface area contributed by atoms with Gasteiger partial charge in [0.05, 0.1) is 29.7 Å². The van der Waals surface area contributed by atoms with Crippen LogP contribution in [-0.2, 0) is 25.4 Å². The summed E-state index contributed by atoms with van der Waals surface area (Å²) in [6.45, 7) is 0. The summed E-state index contributed by atoms with van der Waals surface area (Å²) in [5.41, 5.74) is -0.625. The van der Waals surface area contributed by atoms with Gasteiger partial charge in [0.25, 0.3) is 23.6 Å². The number of aromatic nitrogens is 1. The van der Waals surface area contributed by atoms with Crippen LogP contribution in [-0.4, -0.2) is 62.6 Å². The van der Waals surface area contributed by atoms with Crippen molar-refractivity contribution in [1.29, 1.82) is 0 Å². The second-order valence-corrected chi connectivity index (χ2v) is 14.3. The first kappa shape index (κ1) is 35.0. The third-order valence-corrected chi connectivity index (χ3v) is 11.8. The second kappa shape index (κ2) is 11.8. The first-order chi connectivity index (χ1) is 23.9. The number of allylic oxidation sites excluding steroid dienone is 2. The van der Waals surface area contributed by atoms with E-state index in [9.17, 15) is 41.8 Å². The molecule has 10 nitrogen and oxygen atoms in total. The molecule has 1 aromatic heterocycles. The molecule has 3 fully saturated rings. The molecule has 4 aliphatic rings. The molecule has 2 aliphatic heterocycles. The van der Waals surface area contributed by atoms with Crippen molar-refractivity contribution < 1.29 is 46.6 Å². The van der Waals surface area contributed by atoms with Crippen LogP contribution in [0.25, 0.3) is 0 Å². The smallest absolute Gasteiger partial charge is 0.433 e. The Kier molecular flexibility index (Phi) is 8.12. The third kappa shape index (κ3) is 4.93. The molecular weight excluding hydrogens is 743 g/mol. The average molecular weight is 768 g/mol. The normalized spacial score (nSPS) is 28.8. The Morgan fingerprint density at radius 1 is 0.980 bits per heavy atom. The van der Waals surface area contributed by atoms with Crippen molar-refractivity contribution >= 4 is 69.9 Å². The summed E-state index contributed by atoms with van der Waals surface area (Å²) in [5.74, 6) is -9.30. The maximum absolute atomic E-state index is 14.5. The van der Waals surface area contributed by atoms with Crippen molar-refractivity contribution in [2.75, 3.05) is 24.1 Å². The topological polar surface area (TPSA) is 120 Å². The van der Waals surface area contributed by atoms with Gasteiger partial charge in [0, 0.05) is 13.0 Å². The van der Waals surface area contributed by atoms with E-state index in [0.717, 1.165) is 28.1 Å². The van der Waals surface area contributed by atoms with Crippen LogP contribution in [0, 0.1) is 23.6 Å². The Labute approximate surface area is 302 Å². The highest BCUT2D eigenvalue weighted by Gasteiger charge is 2.76. The lowest BCUT2D eigenvalue weighted by atomic mass is 9.56. The largest absolute Gasteiger partial charge is 0.504 e. The van der Waals surface area contributed by atoms with Crippen LogP contribution >= 0.6 is 34.8 Å². The van der Waals surface area contributed by atoms with Gasteiger partial charge in [-0.15, -0.1) is 23.2 Å². The van der Waals surface area contributed by atoms with Crippen molar-refractivity contribution in [3.63, 3.8) is 0 Å². The van der Waals surface area contributed by atoms with Gasteiger partial charge in [0.15, 0.2) is 27.1 Å². The van der Waals surface area contributed by atoms with Crippen LogP contribution in [0.15, 0.2) is 66.2 Å². The van der Waals surface area contributed by atoms with Crippen LogP contribution < -0.4 is 14.6 Å². The number of hydrazine groups is 1. The summed E-state index contributed by atoms with van der Waals surface area (Å²) in [7, 11) is 2.48. The Bertz CT molecular complexity index is 2070. The number of benzene rings is 2. The lowest BCUT2D eigenvalue weighted by Gasteiger charge is -2.50. The van der Waals surface area contributed by atoms with Gasteiger partial charge in [-0.25, -0.2) is 14.3 Å². The first-order valence-corrected chi connectivity index (χ1v) is 16.5. The van der Waals surface area contributed by atoms with Crippen LogP contribution in [0.2, 0.25) is 5.02 Å². The number of imide groups is 2. The van der Waals surface area contributed by atoms with Crippen LogP contribution in [0.3, 0.4) is 0 Å². The number of amides is 4. The number of fused-ring (bicyclic) bond motifs is 4. The molecule has 2 aromatic carbocycles. The van der Waals surface area contributed by atoms with E-state index in [0.29, 0.717) is 16.6 Å². The van der Waals surface area contributed by atoms with Crippen molar-refractivity contribution in [2.45, 2.75) is 34.7 Å². The molecule has 4 amide bonds. The van der Waals surface area contributed by atoms with E-state index in [1.807, 2.05) is 0 Å². The fraction of sp³-hybridized carbons (Fsp3) is 0.324. The first-order valence-electron chi connectivity index (χ1n) is 15.4. The number of pyridine rings is 1. The van der Waals surface area contributed by atoms with Crippen LogP contribution in [0.5, 0.6) is 11.5 Å². The Balaban J connectivity index is 1.36. The van der Waals surface area contributed by atoms with Gasteiger partial charge in [-0.2, -0.15) is 18.2 Å². The minimum Gasteiger partial charge on any atom is -0.504 e. The number of halogens is 7. The highest BCUT2D eigenvalue weighted by molar-refractivity contribution is 6.58. The number of rotatable bonds is 5. The number of phenols is 1. The van der Waals surface area contributed by atoms with Gasteiger partial charge in [-0.1, -0.05) is 29.3 Å². The van der Waals surface area contributed by atoms with E-state index in [-0.39, 0.29) is 34.2 Å². The second-order valence-electron chi connectivity index (χ2n) is 12.7. The Morgan fingerprint density at radius 2 is 1.67 bits per heavy atom. The molecule has 1 N–H and O–H groups in total. The summed E-state index contributed by atoms with van der Waals surface area (Å²) < 4.78 is 59.9. The molecule has 7 rings (SSSR count). The van der Waals surface area contributed by atoms with Crippen molar-refractivity contribution in [3.05, 3.63) is 88.3 Å². The number of hydrogen-bond donors (Lipinski definition) is 1. The number of aromatic hydroxyl groups is 1. The standard InChI is InChI=1S/C34H25Cl3F4N4O6/c1-43(27-21(35)10-12-24(42-27)34(39,40)41)45-28(47)19-9-8-18-20(25(19)29(45)48)14-32(36)30(49)44(17-6-4-16(38)5-7-17)31(50)33(32,37)26(18)15-3-11-22(46)23(13-15)51-2/h3-8,10-13,19-20,25-26,46H,9,14H2,1-2H3/t19-,20+,25-,26-,32+,33-/m0/s1. The zero-order valence-corrected chi connectivity index (χ0v) is 28.7. The number of phenolic OH excluding ortho intramolecular Hbond substituents is 1. The molecule has 2 saturated heterocycles. The minimum absolute atomic E-state index is 0.00176. The summed E-state index contributed by atoms with van der Waals surface area (Å²) in [4.78, 5) is 57.0. The minimum atomic E-state index is -4.85. The molecule has 1 saturated carbocycles. The van der Waals surface area contributed by atoms with E-state index in [1.54, 1.807) is 6.08 Å². The average Bonchev–Trinajstić information content (AvgIpc) is 3.42. The molecule has 2 aliphatic carbocycles. The fourth-order valence-electron chi connectivity index (χ4n) is 7.84. The molecule has 51 heavy (non-hydrogen) atoms. The maximum Gasteiger partial charge on any atom is 0.433 e. The monoisotopic (exact) mass is 766 g/mol. The van der Waals surface area contributed by atoms with Crippen LogP contribution in [0.1, 0.15) is 30.0 Å². The summed E-state index contributed by atoms with van der Waals surface area (Å²) in [6.07, 6.45) is -3.65. The maximum atomic E-state index is 14.5. The van der Waals surface area contributed by atoms with Crippen molar-refractivity contribution in [2.24, 2.45) is 17.8 Å². The predicted molar refractivity (Wildman–Crippen MR) is 176 cm³/mol. The molecule has 0 spiro atoms. The van der Waals surface area contributed by atoms with Gasteiger partial charge < -0.3 is 9.84 Å². The van der Waals surface area contributed by atoms with Gasteiger partial charge >= 0.3 is 6.18 Å². The zero-order chi connectivity index (χ0) is 36.9. The van der Waals surface area contributed by atoms with E-state index >= 15 is 0 Å². The van der Waals surface area contributed by atoms with Crippen LogP contribution in [0.4, 0.5) is 29.1 Å². The molecule has 3 aromatic rings. The summed E-state index contributed by atoms with van der Waals surface area (Å²) in [5, 5.41) is 11.7. The fourth-order valence-corrected chi connectivity index (χ4v) is 9.00. The molecule has 6 atom stereocenters. The quantitative estimate of drug-likeness (QED) is 0.141. The molecule has 0 unspecified atom stereocenters. The lowest BCUT2D eigenvalue weighted by molar-refractivity contribution is -0.141. The molecule has 0 radical (unpaired) electrons. The van der Waals surface area contributed by atoms with E-state index < -0.39 is 87.0 Å². The molecule has 3 heterocycles. The van der Waals surface area contributed by atoms with Crippen molar-refractivity contribution in [3.8, 4) is 11.5 Å². The van der Waals surface area contributed by atoms with Gasteiger partial charge in [-0.3, -0.25) is 24.2 Å². The number of hydrogen-bond acceptors (Lipinski definition) is 8. The highest BCUT2D eigenvalue weighted by Crippen LogP contribution is 2.66. The van der Waals surface area contributed by atoms with E-state index in [1.165, 1.54) is 44.5 Å². The predicted octanol–water partition coefficient (Wildman–Crippen LogP) is 6.22. The van der Waals surface area contributed by atoms with Crippen molar-refractivity contribution in [1.82, 2.24) is 9.99 Å². The summed E-state index contributed by atoms with van der Waals surface area (Å²) in [6, 6.07) is 10.3. The highest BCUT2D eigenvalue weighted by atomic mass is 35.5. The number of alkyl halides is 5. The molecule has 17 heteroatoms. The lowest BCUT2D eigenvalue weighted by Crippen LogP contribution is -2.60. The Morgan fingerprint density at radius 3 is 2.31 bits per heavy atom. The number of ether oxygens (including phenoxy) is 1. The number of anilines is 2. The third-order valence-electron chi connectivity index (χ3n) is 10.1. The molecule has 0 bridgehead atoms. The molecule has 266 valence electrons. The van der Waals surface area contributed by atoms with Gasteiger partial charge in [0.2, 0.25) is 0 Å². The SMILES string of the molecule is COc1cc([C@H]2C3=CC[C@@H]4C(=O)N(N(C)c5nc(C(F)(F)F)ccc5Cl)C(=O)[C@@H]4[C@@H]3C[C@@]3(Cl)C(=O)N(c4ccc(F)cc4)C(=O)[C@@]23Cl)ccc1O. The Hall–Kier alpha value is -4.40. The van der Waals surface area contributed by atoms with E-state index in [2.05, 4.69) is 4.98 Å². The number of methoxy groups -OCH3 is 1. The zero-order valence-electron chi connectivity index (χ0n) is 26.4.